The van der Waals surface area contributed by atoms with Crippen LogP contribution in [0.4, 0.5) is 5.82 Å². The van der Waals surface area contributed by atoms with Crippen molar-refractivity contribution in [1.29, 1.82) is 0 Å². The maximum absolute atomic E-state index is 10.8. The number of rotatable bonds is 6. The summed E-state index contributed by atoms with van der Waals surface area (Å²) in [6, 6.07) is 3.19. The van der Waals surface area contributed by atoms with E-state index in [-0.39, 0.29) is 11.3 Å². The van der Waals surface area contributed by atoms with Crippen molar-refractivity contribution in [2.24, 2.45) is 5.73 Å². The normalized spacial score (nSPS) is 11.2. The zero-order valence-corrected chi connectivity index (χ0v) is 10.4. The first kappa shape index (κ1) is 13.4. The van der Waals surface area contributed by atoms with Gasteiger partial charge in [-0.05, 0) is 32.9 Å². The Bertz CT molecular complexity index is 376. The zero-order chi connectivity index (χ0) is 12.9. The average Bonchev–Trinajstić information content (AvgIpc) is 2.27. The summed E-state index contributed by atoms with van der Waals surface area (Å²) in [5.41, 5.74) is 4.94. The monoisotopic (exact) mass is 238 g/mol. The van der Waals surface area contributed by atoms with Gasteiger partial charge in [0.1, 0.15) is 5.82 Å². The lowest BCUT2D eigenvalue weighted by atomic mass is 10.1. The second-order valence-electron chi connectivity index (χ2n) is 4.21. The van der Waals surface area contributed by atoms with Crippen molar-refractivity contribution < 1.29 is 9.53 Å². The highest BCUT2D eigenvalue weighted by Crippen LogP contribution is 2.10. The largest absolute Gasteiger partial charge is 0.374 e. The molecule has 6 nitrogen and oxygen atoms in total. The summed E-state index contributed by atoms with van der Waals surface area (Å²) in [4.78, 5) is 10.8. The number of hydrogen-bond donors (Lipinski definition) is 2. The smallest absolute Gasteiger partial charge is 0.269 e. The number of nitrogens with zero attached hydrogens (tertiary/aromatic N) is 2. The lowest BCUT2D eigenvalue weighted by Gasteiger charge is -2.24. The third-order valence-corrected chi connectivity index (χ3v) is 2.15. The van der Waals surface area contributed by atoms with E-state index in [0.29, 0.717) is 19.0 Å². The number of nitrogens with two attached hydrogens (primary N) is 1. The number of carbonyl (C=O) groups is 1. The van der Waals surface area contributed by atoms with Gasteiger partial charge in [-0.3, -0.25) is 4.79 Å². The predicted octanol–water partition coefficient (Wildman–Crippen LogP) is 0.802. The highest BCUT2D eigenvalue weighted by Gasteiger charge is 2.17. The summed E-state index contributed by atoms with van der Waals surface area (Å²) in [7, 11) is 0. The molecule has 0 unspecified atom stereocenters. The molecular formula is C11H18N4O2. The third-order valence-electron chi connectivity index (χ3n) is 2.15. The Balaban J connectivity index is 2.55. The lowest BCUT2D eigenvalue weighted by Crippen LogP contribution is -2.33. The molecule has 0 aliphatic rings. The first-order valence-electron chi connectivity index (χ1n) is 5.46. The van der Waals surface area contributed by atoms with Crippen molar-refractivity contribution >= 4 is 11.7 Å². The first-order chi connectivity index (χ1) is 7.94. The highest BCUT2D eigenvalue weighted by atomic mass is 16.5. The Hall–Kier alpha value is -1.69. The van der Waals surface area contributed by atoms with Crippen LogP contribution in [0.25, 0.3) is 0 Å². The van der Waals surface area contributed by atoms with Crippen LogP contribution >= 0.6 is 0 Å². The summed E-state index contributed by atoms with van der Waals surface area (Å²) in [5.74, 6) is 0.00137. The summed E-state index contributed by atoms with van der Waals surface area (Å²) < 4.78 is 5.53. The van der Waals surface area contributed by atoms with E-state index in [9.17, 15) is 4.79 Å². The van der Waals surface area contributed by atoms with Crippen LogP contribution in [0.5, 0.6) is 0 Å². The molecule has 1 heterocycles. The Kier molecular flexibility index (Phi) is 4.39. The molecule has 0 fully saturated rings. The van der Waals surface area contributed by atoms with E-state index in [1.54, 1.807) is 6.07 Å². The molecule has 1 aromatic rings. The van der Waals surface area contributed by atoms with E-state index >= 15 is 0 Å². The molecule has 17 heavy (non-hydrogen) atoms. The third kappa shape index (κ3) is 4.36. The van der Waals surface area contributed by atoms with Gasteiger partial charge >= 0.3 is 0 Å². The number of hydrogen-bond acceptors (Lipinski definition) is 5. The van der Waals surface area contributed by atoms with Crippen LogP contribution in [-0.4, -0.2) is 34.9 Å². The molecule has 0 spiro atoms. The molecule has 0 aliphatic heterocycles. The van der Waals surface area contributed by atoms with E-state index in [1.165, 1.54) is 6.07 Å². The molecule has 6 heteroatoms. The second-order valence-corrected chi connectivity index (χ2v) is 4.21. The molecule has 0 atom stereocenters. The van der Waals surface area contributed by atoms with Gasteiger partial charge < -0.3 is 15.8 Å². The SMILES string of the molecule is CCOC(C)(C)CNc1ccc(C(N)=O)nn1. The molecule has 0 aromatic carbocycles. The Morgan fingerprint density at radius 1 is 1.47 bits per heavy atom. The van der Waals surface area contributed by atoms with Crippen molar-refractivity contribution in [1.82, 2.24) is 10.2 Å². The number of ether oxygens (including phenoxy) is 1. The van der Waals surface area contributed by atoms with Crippen molar-refractivity contribution in [2.75, 3.05) is 18.5 Å². The second kappa shape index (κ2) is 5.58. The number of primary amides is 1. The molecule has 0 saturated heterocycles. The van der Waals surface area contributed by atoms with E-state index in [0.717, 1.165) is 0 Å². The van der Waals surface area contributed by atoms with Gasteiger partial charge in [0.15, 0.2) is 5.69 Å². The standard InChI is InChI=1S/C11H18N4O2/c1-4-17-11(2,3)7-13-9-6-5-8(10(12)16)14-15-9/h5-6H,4,7H2,1-3H3,(H2,12,16)(H,13,15). The minimum Gasteiger partial charge on any atom is -0.374 e. The highest BCUT2D eigenvalue weighted by molar-refractivity contribution is 5.90. The molecule has 1 amide bonds. The number of amides is 1. The zero-order valence-electron chi connectivity index (χ0n) is 10.4. The Labute approximate surface area is 101 Å². The van der Waals surface area contributed by atoms with Crippen LogP contribution in [-0.2, 0) is 4.74 Å². The van der Waals surface area contributed by atoms with E-state index in [1.807, 2.05) is 20.8 Å². The summed E-state index contributed by atoms with van der Waals surface area (Å²) >= 11 is 0. The van der Waals surface area contributed by atoms with Crippen molar-refractivity contribution in [3.05, 3.63) is 17.8 Å². The molecule has 0 radical (unpaired) electrons. The molecule has 1 rings (SSSR count). The molecule has 1 aromatic heterocycles. The van der Waals surface area contributed by atoms with Crippen LogP contribution in [0.2, 0.25) is 0 Å². The Morgan fingerprint density at radius 2 is 2.18 bits per heavy atom. The van der Waals surface area contributed by atoms with Gasteiger partial charge in [-0.25, -0.2) is 0 Å². The van der Waals surface area contributed by atoms with Gasteiger partial charge in [0.05, 0.1) is 5.60 Å². The molecule has 3 N–H and O–H groups in total. The maximum atomic E-state index is 10.8. The van der Waals surface area contributed by atoms with Crippen LogP contribution in [0.1, 0.15) is 31.3 Å². The lowest BCUT2D eigenvalue weighted by molar-refractivity contribution is 0.000627. The van der Waals surface area contributed by atoms with Gasteiger partial charge in [0.25, 0.3) is 5.91 Å². The minimum absolute atomic E-state index is 0.152. The topological polar surface area (TPSA) is 90.1 Å². The molecule has 94 valence electrons. The van der Waals surface area contributed by atoms with Gasteiger partial charge in [0, 0.05) is 13.2 Å². The summed E-state index contributed by atoms with van der Waals surface area (Å²) in [6.45, 7) is 7.17. The van der Waals surface area contributed by atoms with Crippen LogP contribution in [0, 0.1) is 0 Å². The molecule has 0 saturated carbocycles. The van der Waals surface area contributed by atoms with Gasteiger partial charge in [0.2, 0.25) is 0 Å². The number of carbonyl (C=O) groups excluding carboxylic acids is 1. The number of nitrogens with one attached hydrogen (secondary N) is 1. The summed E-state index contributed by atoms with van der Waals surface area (Å²) in [6.07, 6.45) is 0. The van der Waals surface area contributed by atoms with Gasteiger partial charge in [-0.15, -0.1) is 10.2 Å². The fourth-order valence-corrected chi connectivity index (χ4v) is 1.30. The number of aromatic nitrogens is 2. The van der Waals surface area contributed by atoms with Crippen LogP contribution in [0.15, 0.2) is 12.1 Å². The average molecular weight is 238 g/mol. The quantitative estimate of drug-likeness (QED) is 0.765. The molecular weight excluding hydrogens is 220 g/mol. The van der Waals surface area contributed by atoms with Crippen molar-refractivity contribution in [3.8, 4) is 0 Å². The molecule has 0 bridgehead atoms. The first-order valence-corrected chi connectivity index (χ1v) is 5.46. The molecule has 0 aliphatic carbocycles. The van der Waals surface area contributed by atoms with Crippen LogP contribution in [0.3, 0.4) is 0 Å². The summed E-state index contributed by atoms with van der Waals surface area (Å²) in [5, 5.41) is 10.6. The van der Waals surface area contributed by atoms with E-state index in [2.05, 4.69) is 15.5 Å². The van der Waals surface area contributed by atoms with Crippen molar-refractivity contribution in [2.45, 2.75) is 26.4 Å². The minimum atomic E-state index is -0.585. The van der Waals surface area contributed by atoms with E-state index in [4.69, 9.17) is 10.5 Å². The fourth-order valence-electron chi connectivity index (χ4n) is 1.30. The van der Waals surface area contributed by atoms with Crippen LogP contribution < -0.4 is 11.1 Å². The predicted molar refractivity (Wildman–Crippen MR) is 64.7 cm³/mol. The van der Waals surface area contributed by atoms with Gasteiger partial charge in [-0.1, -0.05) is 0 Å². The maximum Gasteiger partial charge on any atom is 0.269 e. The van der Waals surface area contributed by atoms with Gasteiger partial charge in [-0.2, -0.15) is 0 Å². The van der Waals surface area contributed by atoms with E-state index < -0.39 is 5.91 Å². The Morgan fingerprint density at radius 3 is 2.65 bits per heavy atom. The van der Waals surface area contributed by atoms with Crippen molar-refractivity contribution in [3.63, 3.8) is 0 Å². The number of anilines is 1. The fraction of sp³-hybridized carbons (Fsp3) is 0.545.